The van der Waals surface area contributed by atoms with Gasteiger partial charge in [-0.25, -0.2) is 4.79 Å². The summed E-state index contributed by atoms with van der Waals surface area (Å²) in [6.45, 7) is 5.94. The van der Waals surface area contributed by atoms with E-state index >= 15 is 0 Å². The summed E-state index contributed by atoms with van der Waals surface area (Å²) in [7, 11) is 1.24. The Morgan fingerprint density at radius 1 is 1.28 bits per heavy atom. The van der Waals surface area contributed by atoms with Crippen LogP contribution in [0.15, 0.2) is 24.3 Å². The SMILES string of the molecule is COC(=O)NC(CC(C)C)C(=O)NCC(O)COc1cccc(C)c1. The molecular formula is C18H28N2O5. The van der Waals surface area contributed by atoms with Crippen molar-refractivity contribution in [3.63, 3.8) is 0 Å². The van der Waals surface area contributed by atoms with Gasteiger partial charge in [0.1, 0.15) is 24.5 Å². The van der Waals surface area contributed by atoms with E-state index in [0.29, 0.717) is 12.2 Å². The van der Waals surface area contributed by atoms with Crippen LogP contribution in [0.3, 0.4) is 0 Å². The quantitative estimate of drug-likeness (QED) is 0.627. The molecule has 7 nitrogen and oxygen atoms in total. The van der Waals surface area contributed by atoms with Crippen molar-refractivity contribution in [3.8, 4) is 5.75 Å². The van der Waals surface area contributed by atoms with E-state index in [1.165, 1.54) is 7.11 Å². The Kier molecular flexibility index (Phi) is 8.77. The first-order valence-electron chi connectivity index (χ1n) is 8.31. The largest absolute Gasteiger partial charge is 0.491 e. The van der Waals surface area contributed by atoms with Gasteiger partial charge < -0.3 is 25.2 Å². The standard InChI is InChI=1S/C18H28N2O5/c1-12(2)8-16(20-18(23)24-4)17(22)19-10-14(21)11-25-15-7-5-6-13(3)9-15/h5-7,9,12,14,16,21H,8,10-11H2,1-4H3,(H,19,22)(H,20,23). The topological polar surface area (TPSA) is 96.9 Å². The molecule has 0 radical (unpaired) electrons. The summed E-state index contributed by atoms with van der Waals surface area (Å²) in [6.07, 6.45) is -1.05. The molecule has 0 spiro atoms. The third-order valence-corrected chi connectivity index (χ3v) is 3.44. The molecule has 0 saturated heterocycles. The molecule has 140 valence electrons. The summed E-state index contributed by atoms with van der Waals surface area (Å²) in [4.78, 5) is 23.6. The zero-order valence-electron chi connectivity index (χ0n) is 15.2. The molecular weight excluding hydrogens is 324 g/mol. The lowest BCUT2D eigenvalue weighted by molar-refractivity contribution is -0.124. The molecule has 3 N–H and O–H groups in total. The van der Waals surface area contributed by atoms with Crippen LogP contribution in [0.1, 0.15) is 25.8 Å². The molecule has 0 aromatic heterocycles. The lowest BCUT2D eigenvalue weighted by Crippen LogP contribution is -2.49. The minimum Gasteiger partial charge on any atom is -0.491 e. The molecule has 7 heteroatoms. The van der Waals surface area contributed by atoms with Gasteiger partial charge in [0.15, 0.2) is 0 Å². The van der Waals surface area contributed by atoms with Crippen LogP contribution in [0.25, 0.3) is 0 Å². The van der Waals surface area contributed by atoms with Crippen LogP contribution in [-0.2, 0) is 9.53 Å². The second-order valence-corrected chi connectivity index (χ2v) is 6.34. The van der Waals surface area contributed by atoms with Crippen molar-refractivity contribution in [1.82, 2.24) is 10.6 Å². The molecule has 1 aromatic rings. The van der Waals surface area contributed by atoms with Gasteiger partial charge in [0.2, 0.25) is 5.91 Å². The number of aliphatic hydroxyl groups excluding tert-OH is 1. The fraction of sp³-hybridized carbons (Fsp3) is 0.556. The van der Waals surface area contributed by atoms with Crippen molar-refractivity contribution < 1.29 is 24.2 Å². The highest BCUT2D eigenvalue weighted by molar-refractivity contribution is 5.85. The second-order valence-electron chi connectivity index (χ2n) is 6.34. The molecule has 0 heterocycles. The monoisotopic (exact) mass is 352 g/mol. The maximum absolute atomic E-state index is 12.2. The summed E-state index contributed by atoms with van der Waals surface area (Å²) >= 11 is 0. The molecule has 0 bridgehead atoms. The van der Waals surface area contributed by atoms with Gasteiger partial charge in [-0.05, 0) is 37.0 Å². The van der Waals surface area contributed by atoms with E-state index in [1.54, 1.807) is 6.07 Å². The third kappa shape index (κ3) is 8.39. The summed E-state index contributed by atoms with van der Waals surface area (Å²) < 4.78 is 10.0. The number of aryl methyl sites for hydroxylation is 1. The first-order valence-corrected chi connectivity index (χ1v) is 8.31. The average Bonchev–Trinajstić information content (AvgIpc) is 2.56. The number of aliphatic hydroxyl groups is 1. The van der Waals surface area contributed by atoms with Gasteiger partial charge in [-0.2, -0.15) is 0 Å². The van der Waals surface area contributed by atoms with Crippen molar-refractivity contribution in [2.75, 3.05) is 20.3 Å². The summed E-state index contributed by atoms with van der Waals surface area (Å²) in [6, 6.07) is 6.78. The summed E-state index contributed by atoms with van der Waals surface area (Å²) in [5, 5.41) is 15.1. The van der Waals surface area contributed by atoms with Gasteiger partial charge in [-0.1, -0.05) is 26.0 Å². The Bertz CT molecular complexity index is 562. The number of carbonyl (C=O) groups excluding carboxylic acids is 2. The maximum Gasteiger partial charge on any atom is 0.407 e. The molecule has 2 unspecified atom stereocenters. The van der Waals surface area contributed by atoms with Crippen molar-refractivity contribution in [3.05, 3.63) is 29.8 Å². The molecule has 0 aliphatic heterocycles. The van der Waals surface area contributed by atoms with Crippen molar-refractivity contribution in [1.29, 1.82) is 0 Å². The number of nitrogens with one attached hydrogen (secondary N) is 2. The van der Waals surface area contributed by atoms with E-state index in [4.69, 9.17) is 4.74 Å². The highest BCUT2D eigenvalue weighted by Gasteiger charge is 2.22. The van der Waals surface area contributed by atoms with E-state index < -0.39 is 18.2 Å². The minimum atomic E-state index is -0.859. The van der Waals surface area contributed by atoms with Crippen LogP contribution in [0.5, 0.6) is 5.75 Å². The molecule has 0 aliphatic rings. The fourth-order valence-electron chi connectivity index (χ4n) is 2.20. The van der Waals surface area contributed by atoms with Crippen molar-refractivity contribution in [2.24, 2.45) is 5.92 Å². The second kappa shape index (κ2) is 10.6. The molecule has 1 rings (SSSR count). The highest BCUT2D eigenvalue weighted by Crippen LogP contribution is 2.12. The average molecular weight is 352 g/mol. The van der Waals surface area contributed by atoms with E-state index in [2.05, 4.69) is 15.4 Å². The summed E-state index contributed by atoms with van der Waals surface area (Å²) in [5.74, 6) is 0.506. The Morgan fingerprint density at radius 2 is 2.00 bits per heavy atom. The van der Waals surface area contributed by atoms with Gasteiger partial charge in [0, 0.05) is 6.54 Å². The summed E-state index contributed by atoms with van der Waals surface area (Å²) in [5.41, 5.74) is 1.06. The molecule has 1 aromatic carbocycles. The molecule has 2 amide bonds. The molecule has 0 fully saturated rings. The van der Waals surface area contributed by atoms with E-state index in [0.717, 1.165) is 5.56 Å². The van der Waals surface area contributed by atoms with Crippen LogP contribution in [0, 0.1) is 12.8 Å². The molecule has 2 atom stereocenters. The van der Waals surface area contributed by atoms with Crippen molar-refractivity contribution in [2.45, 2.75) is 39.3 Å². The number of hydrogen-bond acceptors (Lipinski definition) is 5. The van der Waals surface area contributed by atoms with Gasteiger partial charge in [-0.3, -0.25) is 4.79 Å². The zero-order chi connectivity index (χ0) is 18.8. The maximum atomic E-state index is 12.2. The number of rotatable bonds is 9. The number of amides is 2. The molecule has 0 aliphatic carbocycles. The number of carbonyl (C=O) groups is 2. The molecule has 25 heavy (non-hydrogen) atoms. The Balaban J connectivity index is 2.44. The predicted octanol–water partition coefficient (Wildman–Crippen LogP) is 1.62. The van der Waals surface area contributed by atoms with Crippen LogP contribution in [-0.4, -0.2) is 49.5 Å². The van der Waals surface area contributed by atoms with Gasteiger partial charge in [0.05, 0.1) is 7.11 Å². The first-order chi connectivity index (χ1) is 11.8. The zero-order valence-corrected chi connectivity index (χ0v) is 15.2. The Morgan fingerprint density at radius 3 is 2.60 bits per heavy atom. The lowest BCUT2D eigenvalue weighted by atomic mass is 10.0. The van der Waals surface area contributed by atoms with Crippen LogP contribution in [0.2, 0.25) is 0 Å². The Labute approximate surface area is 148 Å². The van der Waals surface area contributed by atoms with Crippen LogP contribution < -0.4 is 15.4 Å². The van der Waals surface area contributed by atoms with Crippen molar-refractivity contribution >= 4 is 12.0 Å². The smallest absolute Gasteiger partial charge is 0.407 e. The van der Waals surface area contributed by atoms with Gasteiger partial charge >= 0.3 is 6.09 Å². The van der Waals surface area contributed by atoms with Gasteiger partial charge in [0.25, 0.3) is 0 Å². The van der Waals surface area contributed by atoms with Gasteiger partial charge in [-0.15, -0.1) is 0 Å². The van der Waals surface area contributed by atoms with Crippen LogP contribution in [0.4, 0.5) is 4.79 Å². The molecule has 0 saturated carbocycles. The van der Waals surface area contributed by atoms with Crippen LogP contribution >= 0.6 is 0 Å². The van der Waals surface area contributed by atoms with E-state index in [9.17, 15) is 14.7 Å². The fourth-order valence-corrected chi connectivity index (χ4v) is 2.20. The number of benzene rings is 1. The van der Waals surface area contributed by atoms with E-state index in [1.807, 2.05) is 39.0 Å². The first kappa shape index (κ1) is 20.8. The Hall–Kier alpha value is -2.28. The minimum absolute atomic E-state index is 0.0299. The normalized spacial score (nSPS) is 13.0. The highest BCUT2D eigenvalue weighted by atomic mass is 16.5. The number of ether oxygens (including phenoxy) is 2. The predicted molar refractivity (Wildman–Crippen MR) is 94.5 cm³/mol. The third-order valence-electron chi connectivity index (χ3n) is 3.44. The number of alkyl carbamates (subject to hydrolysis) is 1. The number of methoxy groups -OCH3 is 1. The van der Waals surface area contributed by atoms with E-state index in [-0.39, 0.29) is 25.0 Å². The number of hydrogen-bond donors (Lipinski definition) is 3. The lowest BCUT2D eigenvalue weighted by Gasteiger charge is -2.20.